The zero-order valence-electron chi connectivity index (χ0n) is 10.7. The van der Waals surface area contributed by atoms with Crippen LogP contribution in [0.15, 0.2) is 12.4 Å². The summed E-state index contributed by atoms with van der Waals surface area (Å²) in [7, 11) is 1.77. The van der Waals surface area contributed by atoms with Crippen LogP contribution in [0.2, 0.25) is 0 Å². The van der Waals surface area contributed by atoms with Crippen molar-refractivity contribution in [3.05, 3.63) is 18.2 Å². The van der Waals surface area contributed by atoms with Gasteiger partial charge in [-0.25, -0.2) is 4.98 Å². The molecule has 1 aliphatic rings. The molecule has 5 nitrogen and oxygen atoms in total. The van der Waals surface area contributed by atoms with Gasteiger partial charge in [0.05, 0.1) is 13.2 Å². The third-order valence-electron chi connectivity index (χ3n) is 3.28. The Morgan fingerprint density at radius 1 is 1.53 bits per heavy atom. The molecule has 0 amide bonds. The number of methoxy groups -OCH3 is 1. The standard InChI is InChI=1S/C12H22N4O/c1-3-13-8-11(10-17-2)16-7-6-15-5-4-14-12(15)9-16/h4-5,11,13H,3,6-10H2,1-2H3. The van der Waals surface area contributed by atoms with E-state index in [-0.39, 0.29) is 0 Å². The molecule has 1 atom stereocenters. The van der Waals surface area contributed by atoms with Crippen LogP contribution in [0.4, 0.5) is 0 Å². The summed E-state index contributed by atoms with van der Waals surface area (Å²) in [6, 6.07) is 0.436. The Bertz CT molecular complexity index is 339. The summed E-state index contributed by atoms with van der Waals surface area (Å²) in [4.78, 5) is 6.84. The molecule has 5 heteroatoms. The van der Waals surface area contributed by atoms with E-state index in [4.69, 9.17) is 4.74 Å². The molecule has 1 N–H and O–H groups in total. The maximum absolute atomic E-state index is 5.31. The van der Waals surface area contributed by atoms with Crippen LogP contribution in [0, 0.1) is 0 Å². The van der Waals surface area contributed by atoms with Gasteiger partial charge in [-0.1, -0.05) is 6.92 Å². The monoisotopic (exact) mass is 238 g/mol. The van der Waals surface area contributed by atoms with Crippen LogP contribution in [0.25, 0.3) is 0 Å². The first-order valence-corrected chi connectivity index (χ1v) is 6.29. The van der Waals surface area contributed by atoms with Crippen molar-refractivity contribution >= 4 is 0 Å². The maximum atomic E-state index is 5.31. The second kappa shape index (κ2) is 6.14. The topological polar surface area (TPSA) is 42.3 Å². The third-order valence-corrected chi connectivity index (χ3v) is 3.28. The molecular weight excluding hydrogens is 216 g/mol. The minimum Gasteiger partial charge on any atom is -0.383 e. The molecule has 96 valence electrons. The van der Waals surface area contributed by atoms with E-state index in [2.05, 4.69) is 32.9 Å². The van der Waals surface area contributed by atoms with Crippen LogP contribution in [0.3, 0.4) is 0 Å². The van der Waals surface area contributed by atoms with E-state index < -0.39 is 0 Å². The fourth-order valence-corrected chi connectivity index (χ4v) is 2.30. The second-order valence-electron chi connectivity index (χ2n) is 4.42. The molecule has 2 heterocycles. The number of hydrogen-bond acceptors (Lipinski definition) is 4. The summed E-state index contributed by atoms with van der Waals surface area (Å²) in [5.41, 5.74) is 0. The molecule has 17 heavy (non-hydrogen) atoms. The molecule has 0 radical (unpaired) electrons. The van der Waals surface area contributed by atoms with E-state index in [9.17, 15) is 0 Å². The minimum absolute atomic E-state index is 0.436. The number of imidazole rings is 1. The molecule has 0 aromatic carbocycles. The number of ether oxygens (including phenoxy) is 1. The lowest BCUT2D eigenvalue weighted by Crippen LogP contribution is -2.48. The summed E-state index contributed by atoms with van der Waals surface area (Å²) in [6.45, 7) is 7.91. The third kappa shape index (κ3) is 3.06. The Kier molecular flexibility index (Phi) is 4.53. The van der Waals surface area contributed by atoms with Gasteiger partial charge in [0.1, 0.15) is 5.82 Å². The van der Waals surface area contributed by atoms with E-state index in [1.807, 2.05) is 6.20 Å². The van der Waals surface area contributed by atoms with Crippen LogP contribution in [0.1, 0.15) is 12.7 Å². The van der Waals surface area contributed by atoms with E-state index in [1.165, 1.54) is 0 Å². The predicted octanol–water partition coefficient (Wildman–Crippen LogP) is 0.323. The van der Waals surface area contributed by atoms with Crippen LogP contribution in [-0.4, -0.2) is 53.8 Å². The largest absolute Gasteiger partial charge is 0.383 e. The fourth-order valence-electron chi connectivity index (χ4n) is 2.30. The average Bonchev–Trinajstić information content (AvgIpc) is 2.81. The van der Waals surface area contributed by atoms with Crippen molar-refractivity contribution in [2.24, 2.45) is 0 Å². The number of nitrogens with zero attached hydrogens (tertiary/aromatic N) is 3. The number of rotatable bonds is 6. The minimum atomic E-state index is 0.436. The first-order valence-electron chi connectivity index (χ1n) is 6.29. The molecule has 0 aliphatic carbocycles. The van der Waals surface area contributed by atoms with Gasteiger partial charge in [-0.05, 0) is 6.54 Å². The lowest BCUT2D eigenvalue weighted by Gasteiger charge is -2.34. The van der Waals surface area contributed by atoms with Gasteiger partial charge in [0.15, 0.2) is 0 Å². The Labute approximate surface area is 103 Å². The summed E-state index contributed by atoms with van der Waals surface area (Å²) in [6.07, 6.45) is 3.94. The van der Waals surface area contributed by atoms with Crippen molar-refractivity contribution in [2.75, 3.05) is 33.4 Å². The van der Waals surface area contributed by atoms with Crippen molar-refractivity contribution in [3.8, 4) is 0 Å². The van der Waals surface area contributed by atoms with Crippen LogP contribution >= 0.6 is 0 Å². The van der Waals surface area contributed by atoms with Crippen molar-refractivity contribution in [1.29, 1.82) is 0 Å². The van der Waals surface area contributed by atoms with Gasteiger partial charge in [-0.2, -0.15) is 0 Å². The summed E-state index contributed by atoms with van der Waals surface area (Å²) in [5.74, 6) is 1.16. The lowest BCUT2D eigenvalue weighted by atomic mass is 10.2. The normalized spacial score (nSPS) is 18.0. The molecule has 0 saturated heterocycles. The Hall–Kier alpha value is -0.910. The van der Waals surface area contributed by atoms with Crippen LogP contribution in [-0.2, 0) is 17.8 Å². The SMILES string of the molecule is CCNCC(COC)N1CCn2ccnc2C1. The second-order valence-corrected chi connectivity index (χ2v) is 4.42. The summed E-state index contributed by atoms with van der Waals surface area (Å²) < 4.78 is 7.54. The van der Waals surface area contributed by atoms with Crippen LogP contribution < -0.4 is 5.32 Å². The number of fused-ring (bicyclic) bond motifs is 1. The maximum Gasteiger partial charge on any atom is 0.122 e. The Balaban J connectivity index is 1.96. The Morgan fingerprint density at radius 2 is 2.41 bits per heavy atom. The van der Waals surface area contributed by atoms with Crippen molar-refractivity contribution < 1.29 is 4.74 Å². The first kappa shape index (κ1) is 12.5. The van der Waals surface area contributed by atoms with Gasteiger partial charge in [0, 0.05) is 45.2 Å². The van der Waals surface area contributed by atoms with Crippen molar-refractivity contribution in [3.63, 3.8) is 0 Å². The highest BCUT2D eigenvalue weighted by molar-refractivity contribution is 4.96. The Morgan fingerprint density at radius 3 is 3.18 bits per heavy atom. The highest BCUT2D eigenvalue weighted by atomic mass is 16.5. The summed E-state index contributed by atoms with van der Waals surface area (Å²) in [5, 5.41) is 3.40. The molecule has 1 aliphatic heterocycles. The lowest BCUT2D eigenvalue weighted by molar-refractivity contribution is 0.0708. The van der Waals surface area contributed by atoms with E-state index in [0.29, 0.717) is 6.04 Å². The van der Waals surface area contributed by atoms with Gasteiger partial charge in [0.25, 0.3) is 0 Å². The average molecular weight is 238 g/mol. The molecule has 1 aromatic heterocycles. The zero-order valence-corrected chi connectivity index (χ0v) is 10.7. The molecular formula is C12H22N4O. The predicted molar refractivity (Wildman–Crippen MR) is 66.8 cm³/mol. The molecule has 2 rings (SSSR count). The number of likely N-dealkylation sites (N-methyl/N-ethyl adjacent to an activating group) is 1. The summed E-state index contributed by atoms with van der Waals surface area (Å²) >= 11 is 0. The van der Waals surface area contributed by atoms with Gasteiger partial charge in [-0.3, -0.25) is 4.90 Å². The van der Waals surface area contributed by atoms with Gasteiger partial charge < -0.3 is 14.6 Å². The van der Waals surface area contributed by atoms with E-state index >= 15 is 0 Å². The number of nitrogens with one attached hydrogen (secondary N) is 1. The van der Waals surface area contributed by atoms with Crippen molar-refractivity contribution in [1.82, 2.24) is 19.8 Å². The smallest absolute Gasteiger partial charge is 0.122 e. The van der Waals surface area contributed by atoms with Gasteiger partial charge >= 0.3 is 0 Å². The molecule has 0 saturated carbocycles. The van der Waals surface area contributed by atoms with Crippen molar-refractivity contribution in [2.45, 2.75) is 26.1 Å². The van der Waals surface area contributed by atoms with Gasteiger partial charge in [-0.15, -0.1) is 0 Å². The fraction of sp³-hybridized carbons (Fsp3) is 0.750. The molecule has 1 aromatic rings. The highest BCUT2D eigenvalue weighted by Gasteiger charge is 2.23. The highest BCUT2D eigenvalue weighted by Crippen LogP contribution is 2.13. The molecule has 0 fully saturated rings. The zero-order chi connectivity index (χ0) is 12.1. The quantitative estimate of drug-likeness (QED) is 0.775. The van der Waals surface area contributed by atoms with E-state index in [0.717, 1.165) is 45.2 Å². The van der Waals surface area contributed by atoms with E-state index in [1.54, 1.807) is 7.11 Å². The number of hydrogen-bond donors (Lipinski definition) is 1. The molecule has 0 spiro atoms. The van der Waals surface area contributed by atoms with Gasteiger partial charge in [0.2, 0.25) is 0 Å². The molecule has 1 unspecified atom stereocenters. The number of aromatic nitrogens is 2. The first-order chi connectivity index (χ1) is 8.35. The van der Waals surface area contributed by atoms with Crippen LogP contribution in [0.5, 0.6) is 0 Å². The molecule has 0 bridgehead atoms.